The number of carbonyl (C=O) groups is 4. The average Bonchev–Trinajstić information content (AvgIpc) is 3.13. The van der Waals surface area contributed by atoms with E-state index >= 15 is 0 Å². The van der Waals surface area contributed by atoms with Gasteiger partial charge in [-0.3, -0.25) is 19.2 Å². The molecule has 134 valence electrons. The molecule has 0 aromatic heterocycles. The summed E-state index contributed by atoms with van der Waals surface area (Å²) < 4.78 is 0. The van der Waals surface area contributed by atoms with Crippen molar-refractivity contribution in [1.29, 1.82) is 0 Å². The molecule has 0 bridgehead atoms. The normalized spacial score (nSPS) is 17.6. The quantitative estimate of drug-likeness (QED) is 0.813. The van der Waals surface area contributed by atoms with Gasteiger partial charge in [-0.1, -0.05) is 30.3 Å². The van der Waals surface area contributed by atoms with Crippen molar-refractivity contribution in [3.63, 3.8) is 0 Å². The molecule has 2 aromatic carbocycles. The van der Waals surface area contributed by atoms with Crippen LogP contribution in [0.5, 0.6) is 0 Å². The monoisotopic (exact) mass is 362 g/mol. The third-order valence-electron chi connectivity index (χ3n) is 4.54. The number of hydrogen-bond acceptors (Lipinski definition) is 5. The summed E-state index contributed by atoms with van der Waals surface area (Å²) in [6.45, 7) is 0. The first-order chi connectivity index (χ1) is 13.0. The van der Waals surface area contributed by atoms with Gasteiger partial charge in [-0.2, -0.15) is 0 Å². The first-order valence-corrected chi connectivity index (χ1v) is 8.32. The number of nitrogens with zero attached hydrogens (tertiary/aromatic N) is 1. The van der Waals surface area contributed by atoms with Gasteiger partial charge in [0.05, 0.1) is 17.7 Å². The number of carbonyl (C=O) groups excluding carboxylic acids is 3. The highest BCUT2D eigenvalue weighted by Crippen LogP contribution is 2.41. The molecule has 2 aliphatic rings. The molecule has 2 heterocycles. The number of rotatable bonds is 3. The lowest BCUT2D eigenvalue weighted by Gasteiger charge is -2.14. The fourth-order valence-electron chi connectivity index (χ4n) is 3.32. The molecule has 0 fully saturated rings. The molecule has 0 spiro atoms. The first kappa shape index (κ1) is 16.7. The number of benzene rings is 2. The van der Waals surface area contributed by atoms with E-state index in [2.05, 4.69) is 5.32 Å². The van der Waals surface area contributed by atoms with E-state index in [9.17, 15) is 19.2 Å². The smallest absolute Gasteiger partial charge is 0.303 e. The lowest BCUT2D eigenvalue weighted by Crippen LogP contribution is -2.34. The van der Waals surface area contributed by atoms with Crippen LogP contribution in [-0.2, 0) is 14.4 Å². The predicted octanol–water partition coefficient (Wildman–Crippen LogP) is 2.44. The van der Waals surface area contributed by atoms with Gasteiger partial charge in [0.25, 0.3) is 5.91 Å². The van der Waals surface area contributed by atoms with Gasteiger partial charge in [0.2, 0.25) is 11.7 Å². The number of imide groups is 1. The number of aliphatic carboxylic acids is 1. The molecule has 7 heteroatoms. The van der Waals surface area contributed by atoms with Gasteiger partial charge < -0.3 is 10.4 Å². The fourth-order valence-corrected chi connectivity index (χ4v) is 3.32. The molecule has 0 radical (unpaired) electrons. The Morgan fingerprint density at radius 3 is 2.30 bits per heavy atom. The number of hydrogen-bond donors (Lipinski definition) is 2. The van der Waals surface area contributed by atoms with Crippen molar-refractivity contribution in [1.82, 2.24) is 0 Å². The molecule has 4 rings (SSSR count). The van der Waals surface area contributed by atoms with E-state index in [-0.39, 0.29) is 29.9 Å². The molecule has 2 aliphatic heterocycles. The first-order valence-electron chi connectivity index (χ1n) is 8.32. The van der Waals surface area contributed by atoms with Gasteiger partial charge >= 0.3 is 5.97 Å². The molecule has 0 unspecified atom stereocenters. The van der Waals surface area contributed by atoms with E-state index in [0.29, 0.717) is 22.5 Å². The van der Waals surface area contributed by atoms with E-state index in [0.717, 1.165) is 4.90 Å². The Morgan fingerprint density at radius 2 is 1.59 bits per heavy atom. The third-order valence-corrected chi connectivity index (χ3v) is 4.54. The highest BCUT2D eigenvalue weighted by atomic mass is 16.4. The summed E-state index contributed by atoms with van der Waals surface area (Å²) in [5, 5.41) is 11.8. The van der Waals surface area contributed by atoms with Gasteiger partial charge in [-0.05, 0) is 18.2 Å². The number of ketones is 1. The zero-order valence-corrected chi connectivity index (χ0v) is 14.1. The minimum Gasteiger partial charge on any atom is -0.481 e. The van der Waals surface area contributed by atoms with Crippen molar-refractivity contribution in [2.45, 2.75) is 12.8 Å². The summed E-state index contributed by atoms with van der Waals surface area (Å²) in [6, 6.07) is 13.6. The largest absolute Gasteiger partial charge is 0.481 e. The van der Waals surface area contributed by atoms with Crippen LogP contribution in [-0.4, -0.2) is 28.7 Å². The maximum absolute atomic E-state index is 13.0. The molecular formula is C20H14N2O5. The Hall–Kier alpha value is -3.74. The molecule has 0 saturated carbocycles. The third kappa shape index (κ3) is 2.60. The number of nitrogens with one attached hydrogen (secondary N) is 1. The Morgan fingerprint density at radius 1 is 0.926 bits per heavy atom. The van der Waals surface area contributed by atoms with E-state index in [1.807, 2.05) is 0 Å². The zero-order valence-electron chi connectivity index (χ0n) is 14.1. The predicted molar refractivity (Wildman–Crippen MR) is 97.1 cm³/mol. The van der Waals surface area contributed by atoms with Crippen LogP contribution in [0.4, 0.5) is 11.4 Å². The number of fused-ring (bicyclic) bond motifs is 2. The van der Waals surface area contributed by atoms with Gasteiger partial charge in [0.1, 0.15) is 5.70 Å². The number of anilines is 2. The summed E-state index contributed by atoms with van der Waals surface area (Å²) >= 11 is 0. The Kier molecular flexibility index (Phi) is 3.84. The van der Waals surface area contributed by atoms with E-state index in [1.54, 1.807) is 48.5 Å². The second kappa shape index (κ2) is 6.21. The highest BCUT2D eigenvalue weighted by molar-refractivity contribution is 6.44. The minimum absolute atomic E-state index is 0.121. The van der Waals surface area contributed by atoms with Crippen LogP contribution >= 0.6 is 0 Å². The van der Waals surface area contributed by atoms with Crippen molar-refractivity contribution in [2.75, 3.05) is 10.2 Å². The molecule has 0 saturated heterocycles. The number of amides is 2. The van der Waals surface area contributed by atoms with Gasteiger partial charge in [-0.15, -0.1) is 0 Å². The summed E-state index contributed by atoms with van der Waals surface area (Å²) in [5.74, 6) is -2.68. The topological polar surface area (TPSA) is 104 Å². The van der Waals surface area contributed by atoms with Crippen LogP contribution in [0, 0.1) is 0 Å². The number of carboxylic acids is 1. The molecule has 2 amide bonds. The maximum Gasteiger partial charge on any atom is 0.303 e. The average molecular weight is 362 g/mol. The van der Waals surface area contributed by atoms with Gasteiger partial charge in [0, 0.05) is 23.2 Å². The second-order valence-electron chi connectivity index (χ2n) is 6.19. The van der Waals surface area contributed by atoms with Gasteiger partial charge in [-0.25, -0.2) is 4.90 Å². The SMILES string of the molecule is O=C(O)CCC(=O)N1C(=O)/C(=C2\Nc3ccccc3C2=O)c2ccccc21. The Balaban J connectivity index is 1.80. The summed E-state index contributed by atoms with van der Waals surface area (Å²) in [4.78, 5) is 50.0. The number of Topliss-reactive ketones (excluding diaryl/α,β-unsaturated/α-hetero) is 1. The molecule has 7 nitrogen and oxygen atoms in total. The molecule has 2 aromatic rings. The van der Waals surface area contributed by atoms with Crippen molar-refractivity contribution < 1.29 is 24.3 Å². The zero-order chi connectivity index (χ0) is 19.1. The van der Waals surface area contributed by atoms with E-state index < -0.39 is 17.8 Å². The van der Waals surface area contributed by atoms with Crippen molar-refractivity contribution >= 4 is 40.5 Å². The van der Waals surface area contributed by atoms with Crippen molar-refractivity contribution in [2.24, 2.45) is 0 Å². The Bertz CT molecular complexity index is 1050. The highest BCUT2D eigenvalue weighted by Gasteiger charge is 2.41. The summed E-state index contributed by atoms with van der Waals surface area (Å²) in [6.07, 6.45) is -0.682. The number of carboxylic acid groups (broad SMARTS) is 1. The lowest BCUT2D eigenvalue weighted by molar-refractivity contribution is -0.138. The summed E-state index contributed by atoms with van der Waals surface area (Å²) in [5.41, 5.74) is 2.13. The maximum atomic E-state index is 13.0. The molecule has 0 atom stereocenters. The van der Waals surface area contributed by atoms with E-state index in [4.69, 9.17) is 5.11 Å². The fraction of sp³-hybridized carbons (Fsp3) is 0.100. The van der Waals surface area contributed by atoms with Crippen LogP contribution in [0.1, 0.15) is 28.8 Å². The van der Waals surface area contributed by atoms with Crippen LogP contribution in [0.2, 0.25) is 0 Å². The molecule has 2 N–H and O–H groups in total. The molecular weight excluding hydrogens is 348 g/mol. The number of allylic oxidation sites excluding steroid dienone is 1. The van der Waals surface area contributed by atoms with Gasteiger partial charge in [0.15, 0.2) is 0 Å². The van der Waals surface area contributed by atoms with Crippen LogP contribution < -0.4 is 10.2 Å². The van der Waals surface area contributed by atoms with Crippen LogP contribution in [0.15, 0.2) is 54.2 Å². The number of para-hydroxylation sites is 2. The molecule has 0 aliphatic carbocycles. The van der Waals surface area contributed by atoms with Crippen molar-refractivity contribution in [3.05, 3.63) is 65.4 Å². The lowest BCUT2D eigenvalue weighted by atomic mass is 10.0. The minimum atomic E-state index is -1.12. The van der Waals surface area contributed by atoms with Crippen LogP contribution in [0.25, 0.3) is 5.57 Å². The van der Waals surface area contributed by atoms with E-state index in [1.165, 1.54) is 0 Å². The van der Waals surface area contributed by atoms with Crippen LogP contribution in [0.3, 0.4) is 0 Å². The van der Waals surface area contributed by atoms with Crippen molar-refractivity contribution in [3.8, 4) is 0 Å². The molecule has 27 heavy (non-hydrogen) atoms. The standard InChI is InChI=1S/C20H14N2O5/c23-15(9-10-16(24)25)22-14-8-4-2-6-12(14)17(20(22)27)18-19(26)11-5-1-3-7-13(11)21-18/h1-8,21H,9-10H2,(H,24,25)/b18-17-. The Labute approximate surface area is 153 Å². The second-order valence-corrected chi connectivity index (χ2v) is 6.19. The summed E-state index contributed by atoms with van der Waals surface area (Å²) in [7, 11) is 0.